The lowest BCUT2D eigenvalue weighted by atomic mass is 9.92. The van der Waals surface area contributed by atoms with Crippen molar-refractivity contribution in [2.45, 2.75) is 25.5 Å². The van der Waals surface area contributed by atoms with E-state index >= 15 is 0 Å². The summed E-state index contributed by atoms with van der Waals surface area (Å²) in [5, 5.41) is 44.7. The van der Waals surface area contributed by atoms with Crippen LogP contribution in [0.25, 0.3) is 0 Å². The van der Waals surface area contributed by atoms with Gasteiger partial charge < -0.3 is 29.7 Å². The van der Waals surface area contributed by atoms with E-state index in [2.05, 4.69) is 10.3 Å². The molecule has 2 rings (SSSR count). The van der Waals surface area contributed by atoms with Crippen molar-refractivity contribution >= 4 is 13.7 Å². The zero-order valence-corrected chi connectivity index (χ0v) is 14.1. The van der Waals surface area contributed by atoms with E-state index in [0.717, 1.165) is 0 Å². The van der Waals surface area contributed by atoms with Gasteiger partial charge in [-0.05, 0) is 18.1 Å². The molecular formula is C15H19BN3O7. The maximum atomic E-state index is 11.6. The Morgan fingerprint density at radius 1 is 1.38 bits per heavy atom. The first-order valence-electron chi connectivity index (χ1n) is 7.73. The van der Waals surface area contributed by atoms with Gasteiger partial charge in [0.05, 0.1) is 19.9 Å². The second kappa shape index (κ2) is 9.18. The van der Waals surface area contributed by atoms with E-state index in [1.807, 2.05) is 0 Å². The number of aliphatic hydroxyl groups excluding tert-OH is 2. The molecule has 0 amide bonds. The molecular weight excluding hydrogens is 345 g/mol. The summed E-state index contributed by atoms with van der Waals surface area (Å²) in [7, 11) is 1.71. The Morgan fingerprint density at radius 2 is 2.15 bits per heavy atom. The Hall–Kier alpha value is -2.63. The maximum Gasteiger partial charge on any atom is 0.569 e. The van der Waals surface area contributed by atoms with Crippen molar-refractivity contribution in [3.63, 3.8) is 0 Å². The number of hydrogen-bond acceptors (Lipinski definition) is 8. The van der Waals surface area contributed by atoms with Crippen LogP contribution in [0.2, 0.25) is 0 Å². The van der Waals surface area contributed by atoms with E-state index in [4.69, 9.17) is 19.5 Å². The number of carbonyl (C=O) groups is 1. The lowest BCUT2D eigenvalue weighted by Gasteiger charge is -2.22. The summed E-state index contributed by atoms with van der Waals surface area (Å²) in [6.07, 6.45) is 1.83. The molecule has 0 aliphatic heterocycles. The Labute approximate surface area is 149 Å². The third kappa shape index (κ3) is 4.31. The van der Waals surface area contributed by atoms with Gasteiger partial charge in [0.25, 0.3) is 0 Å². The van der Waals surface area contributed by atoms with Gasteiger partial charge in [-0.2, -0.15) is 0 Å². The van der Waals surface area contributed by atoms with Gasteiger partial charge >= 0.3 is 13.7 Å². The van der Waals surface area contributed by atoms with Crippen molar-refractivity contribution < 1.29 is 34.5 Å². The van der Waals surface area contributed by atoms with Crippen molar-refractivity contribution in [1.82, 2.24) is 15.0 Å². The average molecular weight is 364 g/mol. The summed E-state index contributed by atoms with van der Waals surface area (Å²) in [6, 6.07) is 3.09. The van der Waals surface area contributed by atoms with Gasteiger partial charge in [0, 0.05) is 19.1 Å². The first-order valence-corrected chi connectivity index (χ1v) is 7.73. The number of benzene rings is 1. The van der Waals surface area contributed by atoms with Crippen LogP contribution in [0, 0.1) is 0 Å². The number of aromatic carboxylic acids is 1. The SMILES string of the molecule is COc1ccc(C(CCO)Cn2cc(CO)nn2)c(O[B]O)c1C(=O)O. The van der Waals surface area contributed by atoms with Gasteiger partial charge in [-0.15, -0.1) is 5.10 Å². The van der Waals surface area contributed by atoms with Crippen LogP contribution < -0.4 is 9.39 Å². The fraction of sp³-hybridized carbons (Fsp3) is 0.400. The molecule has 0 aliphatic carbocycles. The number of rotatable bonds is 10. The van der Waals surface area contributed by atoms with Crippen LogP contribution in [0.5, 0.6) is 11.5 Å². The van der Waals surface area contributed by atoms with E-state index in [0.29, 0.717) is 18.9 Å². The van der Waals surface area contributed by atoms with E-state index in [-0.39, 0.29) is 43.2 Å². The minimum absolute atomic E-state index is 0.0733. The fourth-order valence-corrected chi connectivity index (χ4v) is 2.68. The highest BCUT2D eigenvalue weighted by Gasteiger charge is 2.26. The van der Waals surface area contributed by atoms with Crippen molar-refractivity contribution in [2.24, 2.45) is 0 Å². The standard InChI is InChI=1S/C15H19BN3O7/c1-25-12-3-2-11(14(26-16-24)13(12)15(22)23)9(4-5-20)6-19-7-10(8-21)17-18-19/h2-3,7,9,20-21,24H,4-6,8H2,1H3,(H,22,23). The first kappa shape index (κ1) is 19.7. The maximum absolute atomic E-state index is 11.6. The highest BCUT2D eigenvalue weighted by atomic mass is 16.5. The van der Waals surface area contributed by atoms with Crippen LogP contribution in [0.3, 0.4) is 0 Å². The number of carboxylic acids is 1. The number of aliphatic hydroxyl groups is 2. The quantitative estimate of drug-likeness (QED) is 0.411. The summed E-state index contributed by atoms with van der Waals surface area (Å²) >= 11 is 0. The van der Waals surface area contributed by atoms with Crippen molar-refractivity contribution in [3.05, 3.63) is 35.2 Å². The van der Waals surface area contributed by atoms with Crippen LogP contribution in [0.1, 0.15) is 34.0 Å². The molecule has 1 atom stereocenters. The summed E-state index contributed by atoms with van der Waals surface area (Å²) in [5.74, 6) is -1.69. The van der Waals surface area contributed by atoms with E-state index in [1.54, 1.807) is 12.3 Å². The molecule has 1 aromatic carbocycles. The summed E-state index contributed by atoms with van der Waals surface area (Å²) in [6.45, 7) is -0.173. The second-order valence-corrected chi connectivity index (χ2v) is 5.39. The number of carboxylic acid groups (broad SMARTS) is 1. The zero-order chi connectivity index (χ0) is 19.1. The largest absolute Gasteiger partial charge is 0.569 e. The Balaban J connectivity index is 2.49. The fourth-order valence-electron chi connectivity index (χ4n) is 2.68. The molecule has 0 bridgehead atoms. The molecule has 1 radical (unpaired) electrons. The van der Waals surface area contributed by atoms with E-state index in [1.165, 1.54) is 17.9 Å². The molecule has 11 heteroatoms. The van der Waals surface area contributed by atoms with Crippen molar-refractivity contribution in [2.75, 3.05) is 13.7 Å². The molecule has 0 spiro atoms. The number of ether oxygens (including phenoxy) is 1. The van der Waals surface area contributed by atoms with Gasteiger partial charge in [0.2, 0.25) is 0 Å². The second-order valence-electron chi connectivity index (χ2n) is 5.39. The summed E-state index contributed by atoms with van der Waals surface area (Å²) in [4.78, 5) is 11.6. The molecule has 0 saturated heterocycles. The third-order valence-corrected chi connectivity index (χ3v) is 3.83. The Kier molecular flexibility index (Phi) is 6.95. The van der Waals surface area contributed by atoms with Crippen LogP contribution >= 0.6 is 0 Å². The summed E-state index contributed by atoms with van der Waals surface area (Å²) < 4.78 is 11.6. The zero-order valence-electron chi connectivity index (χ0n) is 14.1. The van der Waals surface area contributed by atoms with Gasteiger partial charge in [-0.3, -0.25) is 4.68 Å². The van der Waals surface area contributed by atoms with E-state index < -0.39 is 11.9 Å². The van der Waals surface area contributed by atoms with Gasteiger partial charge in [-0.1, -0.05) is 11.3 Å². The topological polar surface area (TPSA) is 147 Å². The van der Waals surface area contributed by atoms with Crippen LogP contribution in [-0.2, 0) is 13.2 Å². The number of nitrogens with zero attached hydrogens (tertiary/aromatic N) is 3. The van der Waals surface area contributed by atoms with Gasteiger partial charge in [0.15, 0.2) is 0 Å². The van der Waals surface area contributed by atoms with Crippen LogP contribution in [0.4, 0.5) is 0 Å². The normalized spacial score (nSPS) is 11.8. The molecule has 10 nitrogen and oxygen atoms in total. The van der Waals surface area contributed by atoms with Crippen LogP contribution in [-0.4, -0.2) is 62.7 Å². The molecule has 139 valence electrons. The molecule has 26 heavy (non-hydrogen) atoms. The van der Waals surface area contributed by atoms with Gasteiger partial charge in [0.1, 0.15) is 22.8 Å². The lowest BCUT2D eigenvalue weighted by molar-refractivity contribution is 0.0691. The molecule has 0 saturated carbocycles. The minimum atomic E-state index is -1.29. The number of methoxy groups -OCH3 is 1. The monoisotopic (exact) mass is 364 g/mol. The number of aromatic nitrogens is 3. The molecule has 1 aromatic heterocycles. The Morgan fingerprint density at radius 3 is 2.69 bits per heavy atom. The predicted molar refractivity (Wildman–Crippen MR) is 88.9 cm³/mol. The molecule has 4 N–H and O–H groups in total. The minimum Gasteiger partial charge on any atom is -0.536 e. The molecule has 1 heterocycles. The lowest BCUT2D eigenvalue weighted by Crippen LogP contribution is -2.16. The Bertz CT molecular complexity index is 753. The van der Waals surface area contributed by atoms with Crippen LogP contribution in [0.15, 0.2) is 18.3 Å². The van der Waals surface area contributed by atoms with E-state index in [9.17, 15) is 15.0 Å². The highest BCUT2D eigenvalue weighted by molar-refractivity contribution is 6.18. The summed E-state index contributed by atoms with van der Waals surface area (Å²) in [5.41, 5.74) is 0.588. The average Bonchev–Trinajstić information content (AvgIpc) is 3.08. The van der Waals surface area contributed by atoms with Gasteiger partial charge in [-0.25, -0.2) is 4.79 Å². The third-order valence-electron chi connectivity index (χ3n) is 3.83. The number of hydrogen-bond donors (Lipinski definition) is 4. The first-order chi connectivity index (χ1) is 12.5. The molecule has 2 aromatic rings. The predicted octanol–water partition coefficient (Wildman–Crippen LogP) is -0.451. The van der Waals surface area contributed by atoms with Crippen molar-refractivity contribution in [3.8, 4) is 11.5 Å². The molecule has 0 aliphatic rings. The smallest absolute Gasteiger partial charge is 0.536 e. The molecule has 1 unspecified atom stereocenters. The van der Waals surface area contributed by atoms with Crippen molar-refractivity contribution in [1.29, 1.82) is 0 Å². The highest BCUT2D eigenvalue weighted by Crippen LogP contribution is 2.38. The molecule has 0 fully saturated rings.